The molecule has 2 heterocycles. The van der Waals surface area contributed by atoms with Gasteiger partial charge in [-0.15, -0.1) is 0 Å². The number of benzene rings is 1. The number of phenolic OH excluding ortho intramolecular Hbond substituents is 2. The van der Waals surface area contributed by atoms with E-state index in [0.29, 0.717) is 6.42 Å². The van der Waals surface area contributed by atoms with Gasteiger partial charge in [0, 0.05) is 18.9 Å². The van der Waals surface area contributed by atoms with Gasteiger partial charge in [0.05, 0.1) is 12.2 Å². The molecule has 1 aromatic carbocycles. The van der Waals surface area contributed by atoms with Crippen LogP contribution in [0.25, 0.3) is 0 Å². The molecule has 0 aliphatic carbocycles. The summed E-state index contributed by atoms with van der Waals surface area (Å²) >= 11 is 0. The number of rotatable bonds is 1. The smallest absolute Gasteiger partial charge is 0.342 e. The average molecular weight is 360 g/mol. The summed E-state index contributed by atoms with van der Waals surface area (Å²) < 4.78 is 11.3. The van der Waals surface area contributed by atoms with E-state index in [4.69, 9.17) is 9.47 Å². The highest BCUT2D eigenvalue weighted by atomic mass is 16.6. The van der Waals surface area contributed by atoms with Crippen molar-refractivity contribution in [3.05, 3.63) is 35.4 Å². The maximum Gasteiger partial charge on any atom is 0.342 e. The molecule has 26 heavy (non-hydrogen) atoms. The van der Waals surface area contributed by atoms with E-state index < -0.39 is 11.7 Å². The predicted octanol–water partition coefficient (Wildman–Crippen LogP) is 2.90. The number of carbonyl (C=O) groups is 2. The first kappa shape index (κ1) is 18.5. The van der Waals surface area contributed by atoms with Crippen LogP contribution in [0.3, 0.4) is 0 Å². The van der Waals surface area contributed by atoms with E-state index in [0.717, 1.165) is 18.9 Å². The van der Waals surface area contributed by atoms with Crippen molar-refractivity contribution >= 4 is 11.8 Å². The van der Waals surface area contributed by atoms with E-state index >= 15 is 0 Å². The molecule has 3 atom stereocenters. The number of ketones is 1. The zero-order valence-corrected chi connectivity index (χ0v) is 15.0. The molecule has 140 valence electrons. The quantitative estimate of drug-likeness (QED) is 0.590. The molecule has 1 aromatic rings. The molecule has 1 fully saturated rings. The highest BCUT2D eigenvalue weighted by Crippen LogP contribution is 2.34. The van der Waals surface area contributed by atoms with Crippen LogP contribution >= 0.6 is 0 Å². The van der Waals surface area contributed by atoms with Gasteiger partial charge in [-0.1, -0.05) is 19.9 Å². The summed E-state index contributed by atoms with van der Waals surface area (Å²) in [7, 11) is 0. The largest absolute Gasteiger partial charge is 0.508 e. The topological polar surface area (TPSA) is 96.4 Å². The molecule has 0 spiro atoms. The molecule has 0 radical (unpaired) electrons. The van der Waals surface area contributed by atoms with Crippen molar-refractivity contribution in [1.82, 2.24) is 0 Å². The summed E-state index contributed by atoms with van der Waals surface area (Å²) in [6.07, 6.45) is 5.16. The lowest BCUT2D eigenvalue weighted by molar-refractivity contribution is -0.114. The van der Waals surface area contributed by atoms with Crippen LogP contribution in [-0.2, 0) is 20.7 Å². The number of cyclic esters (lactones) is 1. The number of hydrogen-bond donors (Lipinski definition) is 2. The minimum absolute atomic E-state index is 0.0510. The standard InChI is InChI=1S/C20H24O6/c1-11(2)17-10-18-16(25-18)6-4-3-5-13(21)7-12-8-14(22)9-15(23)19(12)20(24)26-17/h3,5,8-9,11,16-18,22-23H,4,6-7,10H2,1-2H3/b5-3+/t16-,17+,18+/m1/s1. The molecule has 6 heteroatoms. The maximum absolute atomic E-state index is 12.7. The zero-order valence-electron chi connectivity index (χ0n) is 15.0. The van der Waals surface area contributed by atoms with Crippen molar-refractivity contribution < 1.29 is 29.3 Å². The molecule has 2 N–H and O–H groups in total. The first-order chi connectivity index (χ1) is 12.3. The van der Waals surface area contributed by atoms with Crippen LogP contribution in [0, 0.1) is 5.92 Å². The normalized spacial score (nSPS) is 27.9. The number of ether oxygens (including phenoxy) is 2. The predicted molar refractivity (Wildman–Crippen MR) is 94.2 cm³/mol. The molecule has 0 saturated carbocycles. The Morgan fingerprint density at radius 1 is 1.15 bits per heavy atom. The summed E-state index contributed by atoms with van der Waals surface area (Å²) in [6.45, 7) is 3.92. The van der Waals surface area contributed by atoms with Crippen LogP contribution in [0.15, 0.2) is 24.3 Å². The third-order valence-corrected chi connectivity index (χ3v) is 4.83. The molecule has 1 saturated heterocycles. The van der Waals surface area contributed by atoms with Crippen LogP contribution in [0.4, 0.5) is 0 Å². The fraction of sp³-hybridized carbons (Fsp3) is 0.500. The number of carbonyl (C=O) groups excluding carboxylic acids is 2. The first-order valence-electron chi connectivity index (χ1n) is 8.95. The number of epoxide rings is 1. The number of allylic oxidation sites excluding steroid dienone is 2. The highest BCUT2D eigenvalue weighted by molar-refractivity contribution is 5.98. The van der Waals surface area contributed by atoms with Gasteiger partial charge in [0.1, 0.15) is 23.2 Å². The van der Waals surface area contributed by atoms with E-state index in [1.807, 2.05) is 13.8 Å². The Kier molecular flexibility index (Phi) is 5.32. The van der Waals surface area contributed by atoms with Gasteiger partial charge in [-0.25, -0.2) is 4.79 Å². The van der Waals surface area contributed by atoms with Crippen molar-refractivity contribution in [2.75, 3.05) is 0 Å². The summed E-state index contributed by atoms with van der Waals surface area (Å²) in [6, 6.07) is 2.40. The van der Waals surface area contributed by atoms with E-state index in [2.05, 4.69) is 0 Å². The van der Waals surface area contributed by atoms with E-state index in [1.165, 1.54) is 12.1 Å². The summed E-state index contributed by atoms with van der Waals surface area (Å²) in [5.74, 6) is -1.42. The second kappa shape index (κ2) is 7.50. The van der Waals surface area contributed by atoms with Gasteiger partial charge in [-0.2, -0.15) is 0 Å². The van der Waals surface area contributed by atoms with Gasteiger partial charge in [0.15, 0.2) is 5.78 Å². The zero-order chi connectivity index (χ0) is 18.8. The number of esters is 1. The molecule has 0 aromatic heterocycles. The Morgan fingerprint density at radius 2 is 1.92 bits per heavy atom. The van der Waals surface area contributed by atoms with Crippen LogP contribution in [0.1, 0.15) is 49.0 Å². The first-order valence-corrected chi connectivity index (χ1v) is 8.95. The van der Waals surface area contributed by atoms with E-state index in [-0.39, 0.29) is 53.3 Å². The molecule has 3 rings (SSSR count). The van der Waals surface area contributed by atoms with Crippen molar-refractivity contribution in [3.63, 3.8) is 0 Å². The number of fused-ring (bicyclic) bond motifs is 2. The summed E-state index contributed by atoms with van der Waals surface area (Å²) in [4.78, 5) is 24.9. The minimum atomic E-state index is -0.692. The van der Waals surface area contributed by atoms with E-state index in [1.54, 1.807) is 6.08 Å². The monoisotopic (exact) mass is 360 g/mol. The number of hydrogen-bond acceptors (Lipinski definition) is 6. The lowest BCUT2D eigenvalue weighted by Gasteiger charge is -2.22. The van der Waals surface area contributed by atoms with Crippen molar-refractivity contribution in [3.8, 4) is 11.5 Å². The number of phenols is 2. The second-order valence-electron chi connectivity index (χ2n) is 7.26. The van der Waals surface area contributed by atoms with Crippen molar-refractivity contribution in [2.45, 2.75) is 57.8 Å². The van der Waals surface area contributed by atoms with Gasteiger partial charge in [-0.05, 0) is 36.5 Å². The van der Waals surface area contributed by atoms with Crippen molar-refractivity contribution in [1.29, 1.82) is 0 Å². The molecule has 2 aliphatic heterocycles. The molecular weight excluding hydrogens is 336 g/mol. The van der Waals surface area contributed by atoms with Gasteiger partial charge >= 0.3 is 5.97 Å². The Labute approximate surface area is 152 Å². The fourth-order valence-corrected chi connectivity index (χ4v) is 3.29. The average Bonchev–Trinajstić information content (AvgIpc) is 3.27. The van der Waals surface area contributed by atoms with Crippen LogP contribution in [0.5, 0.6) is 11.5 Å². The maximum atomic E-state index is 12.7. The van der Waals surface area contributed by atoms with Crippen LogP contribution < -0.4 is 0 Å². The molecule has 0 bridgehead atoms. The molecule has 0 unspecified atom stereocenters. The van der Waals surface area contributed by atoms with Crippen LogP contribution in [0.2, 0.25) is 0 Å². The minimum Gasteiger partial charge on any atom is -0.508 e. The summed E-state index contributed by atoms with van der Waals surface area (Å²) in [5, 5.41) is 19.9. The summed E-state index contributed by atoms with van der Waals surface area (Å²) in [5.41, 5.74) is 0.183. The Hall–Kier alpha value is -2.34. The lowest BCUT2D eigenvalue weighted by Crippen LogP contribution is -2.26. The van der Waals surface area contributed by atoms with Gasteiger partial charge < -0.3 is 19.7 Å². The lowest BCUT2D eigenvalue weighted by atomic mass is 9.97. The third-order valence-electron chi connectivity index (χ3n) is 4.83. The Balaban J connectivity index is 1.95. The van der Waals surface area contributed by atoms with Crippen LogP contribution in [-0.4, -0.2) is 40.3 Å². The second-order valence-corrected chi connectivity index (χ2v) is 7.26. The molecule has 6 nitrogen and oxygen atoms in total. The Bertz CT molecular complexity index is 736. The molecular formula is C20H24O6. The molecule has 0 amide bonds. The number of aromatic hydroxyl groups is 2. The van der Waals surface area contributed by atoms with Gasteiger partial charge in [0.25, 0.3) is 0 Å². The molecule has 2 aliphatic rings. The SMILES string of the molecule is CC(C)[C@@H]1C[C@@H]2O[C@@H]2CC/C=C/C(=O)Cc2cc(O)cc(O)c2C(=O)O1. The third kappa shape index (κ3) is 4.25. The highest BCUT2D eigenvalue weighted by Gasteiger charge is 2.41. The Morgan fingerprint density at radius 3 is 2.65 bits per heavy atom. The fourth-order valence-electron chi connectivity index (χ4n) is 3.29. The van der Waals surface area contributed by atoms with E-state index in [9.17, 15) is 19.8 Å². The van der Waals surface area contributed by atoms with Crippen molar-refractivity contribution in [2.24, 2.45) is 5.92 Å². The van der Waals surface area contributed by atoms with Gasteiger partial charge in [0.2, 0.25) is 0 Å². The van der Waals surface area contributed by atoms with Gasteiger partial charge in [-0.3, -0.25) is 4.79 Å².